The molecule has 3 nitrogen and oxygen atoms in total. The van der Waals surface area contributed by atoms with Gasteiger partial charge in [-0.05, 0) is 18.2 Å². The summed E-state index contributed by atoms with van der Waals surface area (Å²) in [7, 11) is 1.08. The summed E-state index contributed by atoms with van der Waals surface area (Å²) in [4.78, 5) is 0. The van der Waals surface area contributed by atoms with Crippen LogP contribution in [0, 0.1) is 0 Å². The highest BCUT2D eigenvalue weighted by Crippen LogP contribution is 2.11. The Kier molecular flexibility index (Phi) is 1.71. The van der Waals surface area contributed by atoms with Crippen LogP contribution < -0.4 is 16.4 Å². The molecule has 4 N–H and O–H groups in total. The van der Waals surface area contributed by atoms with Gasteiger partial charge in [0.25, 0.3) is 0 Å². The van der Waals surface area contributed by atoms with Crippen molar-refractivity contribution >= 4 is 7.28 Å². The molecule has 0 amide bonds. The molecule has 1 fully saturated rings. The monoisotopic (exact) mass is 149 g/mol. The molecule has 0 bridgehead atoms. The van der Waals surface area contributed by atoms with Gasteiger partial charge in [-0.3, -0.25) is 5.32 Å². The lowest BCUT2D eigenvalue weighted by atomic mass is 9.65. The Balaban J connectivity index is 2.09. The van der Waals surface area contributed by atoms with Crippen molar-refractivity contribution < 1.29 is 0 Å². The lowest BCUT2D eigenvalue weighted by Crippen LogP contribution is -2.42. The third-order valence-electron chi connectivity index (χ3n) is 2.21. The highest BCUT2D eigenvalue weighted by molar-refractivity contribution is 6.49. The van der Waals surface area contributed by atoms with Gasteiger partial charge in [-0.15, -0.1) is 0 Å². The predicted octanol–water partition coefficient (Wildman–Crippen LogP) is -1.36. The van der Waals surface area contributed by atoms with E-state index in [4.69, 9.17) is 5.73 Å². The van der Waals surface area contributed by atoms with Crippen molar-refractivity contribution in [2.75, 3.05) is 6.54 Å². The minimum Gasteiger partial charge on any atom is -0.373 e. The molecule has 2 heterocycles. The molecule has 1 saturated heterocycles. The Morgan fingerprint density at radius 1 is 1.64 bits per heavy atom. The molecule has 0 saturated carbocycles. The summed E-state index contributed by atoms with van der Waals surface area (Å²) in [6.07, 6.45) is 6.49. The lowest BCUT2D eigenvalue weighted by molar-refractivity contribution is 0.545. The van der Waals surface area contributed by atoms with Gasteiger partial charge in [0.1, 0.15) is 0 Å². The van der Waals surface area contributed by atoms with E-state index >= 15 is 0 Å². The summed E-state index contributed by atoms with van der Waals surface area (Å²) in [6, 6.07) is 0. The third kappa shape index (κ3) is 1.19. The van der Waals surface area contributed by atoms with Gasteiger partial charge >= 0.3 is 0 Å². The molecule has 2 unspecified atom stereocenters. The first-order chi connectivity index (χ1) is 5.40. The first-order valence-electron chi connectivity index (χ1n) is 3.98. The zero-order valence-electron chi connectivity index (χ0n) is 6.38. The summed E-state index contributed by atoms with van der Waals surface area (Å²) in [5.74, 6) is 0.457. The van der Waals surface area contributed by atoms with Crippen LogP contribution in [0.1, 0.15) is 0 Å². The van der Waals surface area contributed by atoms with Crippen LogP contribution in [0.25, 0.3) is 0 Å². The van der Waals surface area contributed by atoms with E-state index in [0.717, 1.165) is 13.8 Å². The van der Waals surface area contributed by atoms with Gasteiger partial charge in [-0.25, -0.2) is 0 Å². The molecule has 2 aliphatic heterocycles. The fourth-order valence-electron chi connectivity index (χ4n) is 1.60. The standard InChI is InChI=1S/C7H12BN3/c9-4-6-8-5-2-1-3-10-7(5)11-6/h1-3,6-8,10-11H,4,9H2. The van der Waals surface area contributed by atoms with E-state index in [0.29, 0.717) is 12.1 Å². The maximum atomic E-state index is 5.55. The van der Waals surface area contributed by atoms with E-state index in [-0.39, 0.29) is 0 Å². The summed E-state index contributed by atoms with van der Waals surface area (Å²) >= 11 is 0. The highest BCUT2D eigenvalue weighted by Gasteiger charge is 2.28. The first kappa shape index (κ1) is 6.94. The van der Waals surface area contributed by atoms with Gasteiger partial charge in [-0.2, -0.15) is 0 Å². The second-order valence-electron chi connectivity index (χ2n) is 3.00. The molecule has 0 aliphatic carbocycles. The van der Waals surface area contributed by atoms with Gasteiger partial charge in [0.15, 0.2) is 7.28 Å². The SMILES string of the molecule is NCC1BC2=CC=CNC2N1. The zero-order chi connectivity index (χ0) is 7.68. The number of allylic oxidation sites excluding steroid dienone is 2. The van der Waals surface area contributed by atoms with Crippen molar-refractivity contribution in [2.45, 2.75) is 12.1 Å². The Bertz CT molecular complexity index is 212. The zero-order valence-corrected chi connectivity index (χ0v) is 6.38. The molecular formula is C7H12BN3. The third-order valence-corrected chi connectivity index (χ3v) is 2.21. The Morgan fingerprint density at radius 3 is 3.27 bits per heavy atom. The molecule has 11 heavy (non-hydrogen) atoms. The van der Waals surface area contributed by atoms with Crippen molar-refractivity contribution in [3.05, 3.63) is 23.8 Å². The normalized spacial score (nSPS) is 33.7. The number of nitrogens with two attached hydrogens (primary N) is 1. The van der Waals surface area contributed by atoms with E-state index in [9.17, 15) is 0 Å². The average molecular weight is 149 g/mol. The van der Waals surface area contributed by atoms with Gasteiger partial charge in [0.05, 0.1) is 6.17 Å². The Hall–Kier alpha value is -0.735. The quantitative estimate of drug-likeness (QED) is 0.403. The Labute approximate surface area is 67.0 Å². The maximum absolute atomic E-state index is 5.55. The topological polar surface area (TPSA) is 50.1 Å². The molecule has 0 aromatic rings. The van der Waals surface area contributed by atoms with Gasteiger partial charge in [0, 0.05) is 6.54 Å². The van der Waals surface area contributed by atoms with E-state index < -0.39 is 0 Å². The van der Waals surface area contributed by atoms with Crippen LogP contribution in [0.4, 0.5) is 0 Å². The fourth-order valence-corrected chi connectivity index (χ4v) is 1.60. The van der Waals surface area contributed by atoms with Crippen LogP contribution in [0.2, 0.25) is 0 Å². The van der Waals surface area contributed by atoms with E-state index in [1.165, 1.54) is 5.47 Å². The van der Waals surface area contributed by atoms with Gasteiger partial charge in [0.2, 0.25) is 0 Å². The smallest absolute Gasteiger partial charge is 0.178 e. The molecular weight excluding hydrogens is 137 g/mol. The van der Waals surface area contributed by atoms with Crippen molar-refractivity contribution in [1.82, 2.24) is 10.6 Å². The van der Waals surface area contributed by atoms with Crippen molar-refractivity contribution in [3.8, 4) is 0 Å². The molecule has 4 heteroatoms. The first-order valence-corrected chi connectivity index (χ1v) is 3.98. The van der Waals surface area contributed by atoms with Gasteiger partial charge < -0.3 is 11.1 Å². The second kappa shape index (κ2) is 2.72. The number of nitrogens with one attached hydrogen (secondary N) is 2. The van der Waals surface area contributed by atoms with Crippen LogP contribution in [-0.2, 0) is 0 Å². The average Bonchev–Trinajstić information content (AvgIpc) is 2.46. The van der Waals surface area contributed by atoms with Crippen LogP contribution in [0.3, 0.4) is 0 Å². The summed E-state index contributed by atoms with van der Waals surface area (Å²) in [5, 5.41) is 6.62. The number of dihydropyridines is 1. The minimum absolute atomic E-state index is 0.341. The minimum atomic E-state index is 0.341. The van der Waals surface area contributed by atoms with E-state index in [1.807, 2.05) is 12.3 Å². The fraction of sp³-hybridized carbons (Fsp3) is 0.429. The lowest BCUT2D eigenvalue weighted by Gasteiger charge is -2.16. The second-order valence-corrected chi connectivity index (χ2v) is 3.00. The molecule has 0 aromatic heterocycles. The summed E-state index contributed by atoms with van der Waals surface area (Å²) in [5.41, 5.74) is 6.97. The predicted molar refractivity (Wildman–Crippen MR) is 47.3 cm³/mol. The van der Waals surface area contributed by atoms with Crippen LogP contribution in [0.5, 0.6) is 0 Å². The highest BCUT2D eigenvalue weighted by atomic mass is 15.1. The van der Waals surface area contributed by atoms with Crippen LogP contribution in [0.15, 0.2) is 23.8 Å². The van der Waals surface area contributed by atoms with E-state index in [1.54, 1.807) is 0 Å². The molecule has 2 aliphatic rings. The molecule has 0 aromatic carbocycles. The van der Waals surface area contributed by atoms with Crippen molar-refractivity contribution in [1.29, 1.82) is 0 Å². The Morgan fingerprint density at radius 2 is 2.55 bits per heavy atom. The number of rotatable bonds is 1. The molecule has 0 radical (unpaired) electrons. The van der Waals surface area contributed by atoms with E-state index in [2.05, 4.69) is 16.7 Å². The summed E-state index contributed by atoms with van der Waals surface area (Å²) in [6.45, 7) is 0.718. The molecule has 2 atom stereocenters. The largest absolute Gasteiger partial charge is 0.373 e. The van der Waals surface area contributed by atoms with Gasteiger partial charge in [-0.1, -0.05) is 11.5 Å². The van der Waals surface area contributed by atoms with Crippen LogP contribution in [-0.4, -0.2) is 25.9 Å². The molecule has 0 spiro atoms. The number of fused-ring (bicyclic) bond motifs is 1. The molecule has 58 valence electrons. The van der Waals surface area contributed by atoms with Crippen molar-refractivity contribution in [2.24, 2.45) is 5.73 Å². The number of hydrogen-bond acceptors (Lipinski definition) is 3. The van der Waals surface area contributed by atoms with Crippen LogP contribution >= 0.6 is 0 Å². The molecule has 2 rings (SSSR count). The summed E-state index contributed by atoms with van der Waals surface area (Å²) < 4.78 is 0. The number of hydrogen-bond donors (Lipinski definition) is 3. The van der Waals surface area contributed by atoms with Crippen molar-refractivity contribution in [3.63, 3.8) is 0 Å². The maximum Gasteiger partial charge on any atom is 0.178 e.